The number of rotatable bonds is 8. The van der Waals surface area contributed by atoms with Gasteiger partial charge in [-0.1, -0.05) is 6.07 Å². The fourth-order valence-electron chi connectivity index (χ4n) is 2.86. The van der Waals surface area contributed by atoms with E-state index in [0.29, 0.717) is 24.6 Å². The highest BCUT2D eigenvalue weighted by Gasteiger charge is 2.18. The fraction of sp³-hybridized carbons (Fsp3) is 0.611. The average Bonchev–Trinajstić information content (AvgIpc) is 2.63. The van der Waals surface area contributed by atoms with Crippen molar-refractivity contribution in [1.29, 1.82) is 0 Å². The van der Waals surface area contributed by atoms with Crippen LogP contribution in [0.25, 0.3) is 0 Å². The Morgan fingerprint density at radius 2 is 1.80 bits per heavy atom. The Kier molecular flexibility index (Phi) is 7.49. The largest absolute Gasteiger partial charge is 0.493 e. The molecule has 1 heterocycles. The molecule has 1 aromatic rings. The van der Waals surface area contributed by atoms with Gasteiger partial charge >= 0.3 is 0 Å². The monoisotopic (exact) mass is 351 g/mol. The van der Waals surface area contributed by atoms with Crippen molar-refractivity contribution in [3.63, 3.8) is 0 Å². The normalized spacial score (nSPS) is 17.1. The Morgan fingerprint density at radius 3 is 2.40 bits per heavy atom. The summed E-state index contributed by atoms with van der Waals surface area (Å²) in [4.78, 5) is 16.6. The molecule has 2 rings (SSSR count). The summed E-state index contributed by atoms with van der Waals surface area (Å²) >= 11 is 0. The van der Waals surface area contributed by atoms with Crippen molar-refractivity contribution in [2.75, 3.05) is 67.6 Å². The summed E-state index contributed by atoms with van der Waals surface area (Å²) < 4.78 is 16.1. The van der Waals surface area contributed by atoms with E-state index in [1.54, 1.807) is 21.3 Å². The lowest BCUT2D eigenvalue weighted by atomic mass is 10.1. The number of benzene rings is 1. The number of amides is 1. The Balaban J connectivity index is 1.88. The van der Waals surface area contributed by atoms with Crippen molar-refractivity contribution in [3.8, 4) is 11.5 Å². The van der Waals surface area contributed by atoms with E-state index in [9.17, 15) is 4.79 Å². The number of methoxy groups -OCH3 is 3. The van der Waals surface area contributed by atoms with Crippen molar-refractivity contribution in [2.45, 2.75) is 6.10 Å². The number of ether oxygens (including phenoxy) is 3. The summed E-state index contributed by atoms with van der Waals surface area (Å²) in [5.74, 6) is 1.33. The molecule has 1 N–H and O–H groups in total. The maximum Gasteiger partial charge on any atom is 0.234 e. The molecule has 0 saturated carbocycles. The van der Waals surface area contributed by atoms with E-state index in [2.05, 4.69) is 22.2 Å². The number of hydrogen-bond donors (Lipinski definition) is 1. The maximum absolute atomic E-state index is 12.2. The molecule has 7 nitrogen and oxygen atoms in total. The van der Waals surface area contributed by atoms with E-state index < -0.39 is 0 Å². The van der Waals surface area contributed by atoms with E-state index in [-0.39, 0.29) is 12.0 Å². The Hall–Kier alpha value is -1.83. The van der Waals surface area contributed by atoms with Gasteiger partial charge in [0.15, 0.2) is 11.5 Å². The van der Waals surface area contributed by atoms with Gasteiger partial charge in [-0.05, 0) is 24.7 Å². The van der Waals surface area contributed by atoms with Crippen molar-refractivity contribution in [3.05, 3.63) is 23.8 Å². The topological polar surface area (TPSA) is 63.3 Å². The zero-order valence-electron chi connectivity index (χ0n) is 15.6. The van der Waals surface area contributed by atoms with Gasteiger partial charge in [0.25, 0.3) is 0 Å². The second-order valence-electron chi connectivity index (χ2n) is 6.22. The van der Waals surface area contributed by atoms with Crippen LogP contribution in [-0.4, -0.2) is 83.4 Å². The van der Waals surface area contributed by atoms with Gasteiger partial charge in [0.05, 0.1) is 26.9 Å². The lowest BCUT2D eigenvalue weighted by Gasteiger charge is -2.31. The molecule has 0 aliphatic carbocycles. The number of carbonyl (C=O) groups is 1. The molecule has 1 saturated heterocycles. The third-order valence-corrected chi connectivity index (χ3v) is 4.51. The molecule has 0 radical (unpaired) electrons. The standard InChI is InChI=1S/C18H29N3O4/c1-20-7-9-21(10-8-20)13-18(22)19-12-17(25-4)14-5-6-15(23-2)16(11-14)24-3/h5-6,11,17H,7-10,12-13H2,1-4H3,(H,19,22). The van der Waals surface area contributed by atoms with E-state index in [4.69, 9.17) is 14.2 Å². The summed E-state index contributed by atoms with van der Waals surface area (Å²) in [6, 6.07) is 5.63. The first-order chi connectivity index (χ1) is 12.1. The molecule has 0 aromatic heterocycles. The highest BCUT2D eigenvalue weighted by molar-refractivity contribution is 5.78. The highest BCUT2D eigenvalue weighted by Crippen LogP contribution is 2.30. The van der Waals surface area contributed by atoms with Crippen molar-refractivity contribution < 1.29 is 19.0 Å². The summed E-state index contributed by atoms with van der Waals surface area (Å²) in [5.41, 5.74) is 0.931. The number of nitrogens with one attached hydrogen (secondary N) is 1. The zero-order chi connectivity index (χ0) is 18.2. The zero-order valence-corrected chi connectivity index (χ0v) is 15.6. The molecule has 1 aliphatic heterocycles. The number of carbonyl (C=O) groups excluding carboxylic acids is 1. The van der Waals surface area contributed by atoms with Crippen LogP contribution in [0.15, 0.2) is 18.2 Å². The second kappa shape index (κ2) is 9.60. The highest BCUT2D eigenvalue weighted by atomic mass is 16.5. The van der Waals surface area contributed by atoms with Gasteiger partial charge in [0.1, 0.15) is 0 Å². The SMILES string of the molecule is COc1ccc(C(CNC(=O)CN2CCN(C)CC2)OC)cc1OC. The first-order valence-corrected chi connectivity index (χ1v) is 8.49. The van der Waals surface area contributed by atoms with E-state index in [0.717, 1.165) is 31.7 Å². The third-order valence-electron chi connectivity index (χ3n) is 4.51. The molecule has 0 spiro atoms. The second-order valence-corrected chi connectivity index (χ2v) is 6.22. The minimum absolute atomic E-state index is 0.0204. The maximum atomic E-state index is 12.2. The van der Waals surface area contributed by atoms with Crippen LogP contribution in [0.5, 0.6) is 11.5 Å². The first kappa shape index (κ1) is 19.5. The van der Waals surface area contributed by atoms with Gasteiger partial charge in [0.2, 0.25) is 5.91 Å². The first-order valence-electron chi connectivity index (χ1n) is 8.49. The minimum Gasteiger partial charge on any atom is -0.493 e. The van der Waals surface area contributed by atoms with E-state index in [1.807, 2.05) is 18.2 Å². The van der Waals surface area contributed by atoms with Crippen molar-refractivity contribution in [1.82, 2.24) is 15.1 Å². The number of piperazine rings is 1. The van der Waals surface area contributed by atoms with Gasteiger partial charge in [-0.3, -0.25) is 9.69 Å². The minimum atomic E-state index is -0.240. The number of nitrogens with zero attached hydrogens (tertiary/aromatic N) is 2. The van der Waals surface area contributed by atoms with E-state index >= 15 is 0 Å². The van der Waals surface area contributed by atoms with Crippen LogP contribution < -0.4 is 14.8 Å². The van der Waals surface area contributed by atoms with Gasteiger partial charge in [-0.2, -0.15) is 0 Å². The summed E-state index contributed by atoms with van der Waals surface area (Å²) in [7, 11) is 6.93. The molecule has 25 heavy (non-hydrogen) atoms. The lowest BCUT2D eigenvalue weighted by molar-refractivity contribution is -0.123. The van der Waals surface area contributed by atoms with Crippen LogP contribution in [0.3, 0.4) is 0 Å². The number of hydrogen-bond acceptors (Lipinski definition) is 6. The van der Waals surface area contributed by atoms with Gasteiger partial charge in [-0.15, -0.1) is 0 Å². The lowest BCUT2D eigenvalue weighted by Crippen LogP contribution is -2.48. The van der Waals surface area contributed by atoms with Crippen LogP contribution >= 0.6 is 0 Å². The Bertz CT molecular complexity index is 559. The summed E-state index contributed by atoms with van der Waals surface area (Å²) in [6.07, 6.45) is -0.240. The molecule has 0 bridgehead atoms. The molecule has 140 valence electrons. The third kappa shape index (κ3) is 5.59. The van der Waals surface area contributed by atoms with Crippen LogP contribution in [0.2, 0.25) is 0 Å². The predicted octanol–water partition coefficient (Wildman–Crippen LogP) is 0.755. The fourth-order valence-corrected chi connectivity index (χ4v) is 2.86. The molecule has 1 aromatic carbocycles. The molecule has 1 unspecified atom stereocenters. The molecular formula is C18H29N3O4. The van der Waals surface area contributed by atoms with Crippen LogP contribution in [0.1, 0.15) is 11.7 Å². The predicted molar refractivity (Wildman–Crippen MR) is 96.2 cm³/mol. The molecular weight excluding hydrogens is 322 g/mol. The smallest absolute Gasteiger partial charge is 0.234 e. The van der Waals surface area contributed by atoms with Crippen molar-refractivity contribution >= 4 is 5.91 Å². The van der Waals surface area contributed by atoms with Gasteiger partial charge in [-0.25, -0.2) is 0 Å². The molecule has 7 heteroatoms. The Labute approximate surface area is 149 Å². The van der Waals surface area contributed by atoms with Crippen molar-refractivity contribution in [2.24, 2.45) is 0 Å². The molecule has 1 aliphatic rings. The summed E-state index contributed by atoms with van der Waals surface area (Å²) in [6.45, 7) is 4.69. The van der Waals surface area contributed by atoms with Gasteiger partial charge < -0.3 is 24.4 Å². The molecule has 1 fully saturated rings. The molecule has 1 amide bonds. The summed E-state index contributed by atoms with van der Waals surface area (Å²) in [5, 5.41) is 2.97. The van der Waals surface area contributed by atoms with E-state index in [1.165, 1.54) is 0 Å². The quantitative estimate of drug-likeness (QED) is 0.746. The van der Waals surface area contributed by atoms with Crippen LogP contribution in [0, 0.1) is 0 Å². The number of likely N-dealkylation sites (N-methyl/N-ethyl adjacent to an activating group) is 1. The van der Waals surface area contributed by atoms with Gasteiger partial charge in [0, 0.05) is 39.8 Å². The van der Waals surface area contributed by atoms with Crippen LogP contribution in [-0.2, 0) is 9.53 Å². The Morgan fingerprint density at radius 1 is 1.12 bits per heavy atom. The molecule has 1 atom stereocenters. The average molecular weight is 351 g/mol. The van der Waals surface area contributed by atoms with Crippen LogP contribution in [0.4, 0.5) is 0 Å².